The van der Waals surface area contributed by atoms with Gasteiger partial charge in [-0.3, -0.25) is 14.4 Å². The van der Waals surface area contributed by atoms with Crippen LogP contribution < -0.4 is 0 Å². The number of hydrogen-bond donors (Lipinski definition) is 0. The summed E-state index contributed by atoms with van der Waals surface area (Å²) in [5, 5.41) is 0. The molecule has 6 nitrogen and oxygen atoms in total. The largest absolute Gasteiger partial charge is 0.462 e. The predicted octanol–water partition coefficient (Wildman–Crippen LogP) is 14.0. The molecule has 0 saturated heterocycles. The van der Waals surface area contributed by atoms with Crippen molar-refractivity contribution in [3.63, 3.8) is 0 Å². The lowest BCUT2D eigenvalue weighted by Crippen LogP contribution is -2.30. The van der Waals surface area contributed by atoms with Gasteiger partial charge in [0.2, 0.25) is 0 Å². The zero-order chi connectivity index (χ0) is 40.8. The summed E-state index contributed by atoms with van der Waals surface area (Å²) in [4.78, 5) is 37.7. The van der Waals surface area contributed by atoms with Crippen LogP contribution in [0.25, 0.3) is 0 Å². The van der Waals surface area contributed by atoms with Crippen molar-refractivity contribution in [2.75, 3.05) is 13.2 Å². The van der Waals surface area contributed by atoms with Gasteiger partial charge in [-0.15, -0.1) is 0 Å². The van der Waals surface area contributed by atoms with Crippen molar-refractivity contribution in [1.82, 2.24) is 0 Å². The molecule has 0 heterocycles. The van der Waals surface area contributed by atoms with Gasteiger partial charge in [-0.2, -0.15) is 0 Å². The summed E-state index contributed by atoms with van der Waals surface area (Å²) in [6.45, 7) is 6.21. The topological polar surface area (TPSA) is 78.9 Å². The van der Waals surface area contributed by atoms with Crippen LogP contribution in [0.3, 0.4) is 0 Å². The minimum absolute atomic E-state index is 0.110. The SMILES string of the molecule is CC\C=C/C=C\C=C/C=C\C=C/CCCCCC(=O)OCC(COC(=O)CCCCCC/C=C\CCCC)OC(=O)CCCCCCC\C=C/C=C\C=C/CC. The van der Waals surface area contributed by atoms with Gasteiger partial charge in [-0.05, 0) is 77.0 Å². The Morgan fingerprint density at radius 2 is 0.714 bits per heavy atom. The maximum Gasteiger partial charge on any atom is 0.306 e. The van der Waals surface area contributed by atoms with Crippen LogP contribution in [0.15, 0.2) is 109 Å². The smallest absolute Gasteiger partial charge is 0.306 e. The maximum absolute atomic E-state index is 12.7. The summed E-state index contributed by atoms with van der Waals surface area (Å²) in [5.41, 5.74) is 0. The van der Waals surface area contributed by atoms with Crippen molar-refractivity contribution >= 4 is 17.9 Å². The maximum atomic E-state index is 12.7. The van der Waals surface area contributed by atoms with E-state index in [0.29, 0.717) is 12.8 Å². The Labute approximate surface area is 342 Å². The van der Waals surface area contributed by atoms with Gasteiger partial charge in [-0.1, -0.05) is 182 Å². The fraction of sp³-hybridized carbons (Fsp3) is 0.580. The van der Waals surface area contributed by atoms with Crippen LogP contribution in [-0.2, 0) is 28.6 Å². The van der Waals surface area contributed by atoms with Gasteiger partial charge < -0.3 is 14.2 Å². The van der Waals surface area contributed by atoms with Crippen molar-refractivity contribution in [2.45, 2.75) is 175 Å². The Hall–Kier alpha value is -3.93. The van der Waals surface area contributed by atoms with Crippen molar-refractivity contribution < 1.29 is 28.6 Å². The Morgan fingerprint density at radius 3 is 1.16 bits per heavy atom. The first-order valence-electron chi connectivity index (χ1n) is 22.0. The van der Waals surface area contributed by atoms with Crippen LogP contribution in [0.5, 0.6) is 0 Å². The third-order valence-electron chi connectivity index (χ3n) is 8.68. The van der Waals surface area contributed by atoms with Gasteiger partial charge in [-0.25, -0.2) is 0 Å². The summed E-state index contributed by atoms with van der Waals surface area (Å²) in [6, 6.07) is 0. The van der Waals surface area contributed by atoms with Crippen LogP contribution in [0.2, 0.25) is 0 Å². The van der Waals surface area contributed by atoms with E-state index >= 15 is 0 Å². The summed E-state index contributed by atoms with van der Waals surface area (Å²) in [5.74, 6) is -1.00. The molecule has 0 bridgehead atoms. The summed E-state index contributed by atoms with van der Waals surface area (Å²) < 4.78 is 16.6. The third-order valence-corrected chi connectivity index (χ3v) is 8.68. The molecule has 314 valence electrons. The molecule has 0 N–H and O–H groups in total. The molecule has 0 rings (SSSR count). The first-order chi connectivity index (χ1) is 27.5. The predicted molar refractivity (Wildman–Crippen MR) is 237 cm³/mol. The number of rotatable bonds is 37. The molecule has 0 radical (unpaired) electrons. The molecule has 1 atom stereocenters. The Balaban J connectivity index is 4.54. The van der Waals surface area contributed by atoms with E-state index in [1.807, 2.05) is 54.7 Å². The lowest BCUT2D eigenvalue weighted by molar-refractivity contribution is -0.167. The second kappa shape index (κ2) is 43.8. The Morgan fingerprint density at radius 1 is 0.375 bits per heavy atom. The number of ether oxygens (including phenoxy) is 3. The monoisotopic (exact) mass is 775 g/mol. The molecule has 0 spiro atoms. The number of allylic oxidation sites excluding steroid dienone is 18. The van der Waals surface area contributed by atoms with Crippen molar-refractivity contribution in [3.8, 4) is 0 Å². The second-order valence-electron chi connectivity index (χ2n) is 14.0. The quantitative estimate of drug-likeness (QED) is 0.0206. The molecule has 0 aromatic rings. The van der Waals surface area contributed by atoms with Crippen LogP contribution in [0, 0.1) is 0 Å². The lowest BCUT2D eigenvalue weighted by Gasteiger charge is -2.18. The fourth-order valence-corrected chi connectivity index (χ4v) is 5.38. The highest BCUT2D eigenvalue weighted by Gasteiger charge is 2.19. The minimum Gasteiger partial charge on any atom is -0.462 e. The van der Waals surface area contributed by atoms with Crippen LogP contribution >= 0.6 is 0 Å². The molecule has 0 amide bonds. The van der Waals surface area contributed by atoms with Crippen molar-refractivity contribution in [1.29, 1.82) is 0 Å². The van der Waals surface area contributed by atoms with E-state index in [1.165, 1.54) is 12.8 Å². The summed E-state index contributed by atoms with van der Waals surface area (Å²) in [7, 11) is 0. The van der Waals surface area contributed by atoms with E-state index in [0.717, 1.165) is 116 Å². The molecule has 0 aliphatic rings. The summed E-state index contributed by atoms with van der Waals surface area (Å²) in [6.07, 6.45) is 57.8. The van der Waals surface area contributed by atoms with Crippen molar-refractivity contribution in [2.24, 2.45) is 0 Å². The molecular weight excluding hydrogens is 697 g/mol. The number of hydrogen-bond acceptors (Lipinski definition) is 6. The van der Waals surface area contributed by atoms with Crippen molar-refractivity contribution in [3.05, 3.63) is 109 Å². The molecule has 56 heavy (non-hydrogen) atoms. The molecule has 0 aliphatic carbocycles. The van der Waals surface area contributed by atoms with Gasteiger partial charge in [0.25, 0.3) is 0 Å². The van der Waals surface area contributed by atoms with Crippen LogP contribution in [0.1, 0.15) is 168 Å². The molecule has 6 heteroatoms. The van der Waals surface area contributed by atoms with E-state index in [2.05, 4.69) is 75.5 Å². The minimum atomic E-state index is -0.810. The van der Waals surface area contributed by atoms with Gasteiger partial charge in [0.05, 0.1) is 0 Å². The van der Waals surface area contributed by atoms with E-state index in [9.17, 15) is 14.4 Å². The molecule has 1 unspecified atom stereocenters. The highest BCUT2D eigenvalue weighted by Crippen LogP contribution is 2.12. The average Bonchev–Trinajstić information content (AvgIpc) is 3.19. The molecule has 0 aromatic heterocycles. The highest BCUT2D eigenvalue weighted by molar-refractivity contribution is 5.71. The summed E-state index contributed by atoms with van der Waals surface area (Å²) >= 11 is 0. The number of carbonyl (C=O) groups is 3. The Bertz CT molecular complexity index is 1210. The lowest BCUT2D eigenvalue weighted by atomic mass is 10.1. The number of carbonyl (C=O) groups excluding carboxylic acids is 3. The van der Waals surface area contributed by atoms with Gasteiger partial charge in [0, 0.05) is 19.3 Å². The van der Waals surface area contributed by atoms with Gasteiger partial charge >= 0.3 is 17.9 Å². The van der Waals surface area contributed by atoms with Crippen LogP contribution in [0.4, 0.5) is 0 Å². The zero-order valence-corrected chi connectivity index (χ0v) is 35.6. The molecule has 0 saturated carbocycles. The highest BCUT2D eigenvalue weighted by atomic mass is 16.6. The first-order valence-corrected chi connectivity index (χ1v) is 22.0. The second-order valence-corrected chi connectivity index (χ2v) is 14.0. The first kappa shape index (κ1) is 52.1. The van der Waals surface area contributed by atoms with E-state index in [1.54, 1.807) is 0 Å². The van der Waals surface area contributed by atoms with E-state index in [4.69, 9.17) is 14.2 Å². The normalized spacial score (nSPS) is 13.1. The fourth-order valence-electron chi connectivity index (χ4n) is 5.38. The number of unbranched alkanes of at least 4 members (excludes halogenated alkanes) is 14. The zero-order valence-electron chi connectivity index (χ0n) is 35.6. The van der Waals surface area contributed by atoms with Crippen LogP contribution in [-0.4, -0.2) is 37.2 Å². The molecule has 0 aliphatic heterocycles. The third kappa shape index (κ3) is 41.2. The van der Waals surface area contributed by atoms with E-state index in [-0.39, 0.29) is 37.5 Å². The van der Waals surface area contributed by atoms with E-state index < -0.39 is 6.10 Å². The molecule has 0 fully saturated rings. The molecular formula is C50H78O6. The number of esters is 3. The average molecular weight is 775 g/mol. The van der Waals surface area contributed by atoms with Gasteiger partial charge in [0.15, 0.2) is 6.10 Å². The Kier molecular flexibility index (Phi) is 40.7. The standard InChI is InChI=1S/C50H78O6/c1-4-7-10-13-16-19-22-24-25-27-28-31-34-37-40-43-49(52)55-46-47(45-54-48(51)42-39-36-33-30-21-18-15-12-9-6-3)56-50(53)44-41-38-35-32-29-26-23-20-17-14-11-8-5-2/h7-8,10-11,13-20,22-25,27-28,47H,4-6,9,12,21,26,29-46H2,1-3H3/b10-7-,11-8-,16-13-,17-14-,18-15-,22-19-,23-20-,25-24-,28-27-. The molecule has 0 aromatic carbocycles. The van der Waals surface area contributed by atoms with Gasteiger partial charge in [0.1, 0.15) is 13.2 Å².